The van der Waals surface area contributed by atoms with Gasteiger partial charge in [0.1, 0.15) is 0 Å². The second kappa shape index (κ2) is 7.18. The molecule has 4 nitrogen and oxygen atoms in total. The van der Waals surface area contributed by atoms with E-state index in [1.165, 1.54) is 10.5 Å². The van der Waals surface area contributed by atoms with Gasteiger partial charge >= 0.3 is 0 Å². The van der Waals surface area contributed by atoms with Crippen LogP contribution in [0.4, 0.5) is 5.69 Å². The van der Waals surface area contributed by atoms with Crippen molar-refractivity contribution in [1.82, 2.24) is 4.90 Å². The molecular weight excluding hydrogens is 404 g/mol. The fourth-order valence-electron chi connectivity index (χ4n) is 2.83. The van der Waals surface area contributed by atoms with Gasteiger partial charge in [-0.3, -0.25) is 9.59 Å². The van der Waals surface area contributed by atoms with Crippen LogP contribution in [0.2, 0.25) is 5.02 Å². The van der Waals surface area contributed by atoms with Crippen LogP contribution in [-0.2, 0) is 4.79 Å². The van der Waals surface area contributed by atoms with Gasteiger partial charge in [-0.15, -0.1) is 0 Å². The zero-order chi connectivity index (χ0) is 18.1. The Morgan fingerprint density at radius 1 is 1.20 bits per heavy atom. The SMILES string of the molecule is CN(C)C(=O)c1ccc(NC(=O)C2CC2c2cccc(Br)c2)cc1Cl. The van der Waals surface area contributed by atoms with Gasteiger partial charge in [-0.05, 0) is 48.2 Å². The molecule has 0 saturated heterocycles. The Balaban J connectivity index is 1.66. The van der Waals surface area contributed by atoms with Crippen molar-refractivity contribution in [3.8, 4) is 0 Å². The Labute approximate surface area is 160 Å². The highest BCUT2D eigenvalue weighted by Crippen LogP contribution is 2.48. The first-order valence-corrected chi connectivity index (χ1v) is 9.11. The van der Waals surface area contributed by atoms with Crippen molar-refractivity contribution in [3.63, 3.8) is 0 Å². The molecule has 1 aliphatic rings. The van der Waals surface area contributed by atoms with E-state index in [-0.39, 0.29) is 23.7 Å². The minimum atomic E-state index is -0.167. The molecule has 2 atom stereocenters. The molecule has 130 valence electrons. The molecule has 0 heterocycles. The summed E-state index contributed by atoms with van der Waals surface area (Å²) in [6, 6.07) is 13.0. The molecule has 3 rings (SSSR count). The van der Waals surface area contributed by atoms with Gasteiger partial charge in [0.05, 0.1) is 10.6 Å². The van der Waals surface area contributed by atoms with Crippen molar-refractivity contribution in [2.45, 2.75) is 12.3 Å². The van der Waals surface area contributed by atoms with E-state index in [4.69, 9.17) is 11.6 Å². The van der Waals surface area contributed by atoms with E-state index >= 15 is 0 Å². The zero-order valence-corrected chi connectivity index (χ0v) is 16.3. The van der Waals surface area contributed by atoms with Crippen LogP contribution in [-0.4, -0.2) is 30.8 Å². The molecule has 0 bridgehead atoms. The molecule has 1 fully saturated rings. The van der Waals surface area contributed by atoms with Crippen LogP contribution in [0.25, 0.3) is 0 Å². The highest BCUT2D eigenvalue weighted by molar-refractivity contribution is 9.10. The number of carbonyl (C=O) groups excluding carboxylic acids is 2. The molecule has 1 aliphatic carbocycles. The van der Waals surface area contributed by atoms with Crippen LogP contribution in [0.1, 0.15) is 28.3 Å². The summed E-state index contributed by atoms with van der Waals surface area (Å²) in [6.45, 7) is 0. The number of hydrogen-bond donors (Lipinski definition) is 1. The Hall–Kier alpha value is -1.85. The highest BCUT2D eigenvalue weighted by atomic mass is 79.9. The van der Waals surface area contributed by atoms with Gasteiger partial charge in [-0.1, -0.05) is 39.7 Å². The second-order valence-corrected chi connectivity index (χ2v) is 7.71. The molecule has 2 amide bonds. The lowest BCUT2D eigenvalue weighted by Crippen LogP contribution is -2.22. The van der Waals surface area contributed by atoms with E-state index in [9.17, 15) is 9.59 Å². The van der Waals surface area contributed by atoms with Crippen LogP contribution >= 0.6 is 27.5 Å². The van der Waals surface area contributed by atoms with Crippen LogP contribution in [0.3, 0.4) is 0 Å². The maximum atomic E-state index is 12.4. The van der Waals surface area contributed by atoms with Gasteiger partial charge in [0, 0.05) is 30.2 Å². The molecule has 0 spiro atoms. The number of carbonyl (C=O) groups is 2. The normalized spacial score (nSPS) is 18.6. The van der Waals surface area contributed by atoms with E-state index in [0.29, 0.717) is 16.3 Å². The van der Waals surface area contributed by atoms with Crippen LogP contribution < -0.4 is 5.32 Å². The molecule has 2 unspecified atom stereocenters. The molecule has 0 radical (unpaired) electrons. The van der Waals surface area contributed by atoms with E-state index in [1.807, 2.05) is 18.2 Å². The first-order valence-electron chi connectivity index (χ1n) is 7.94. The number of anilines is 1. The van der Waals surface area contributed by atoms with Gasteiger partial charge in [0.25, 0.3) is 5.91 Å². The van der Waals surface area contributed by atoms with E-state index in [0.717, 1.165) is 10.9 Å². The number of amides is 2. The first kappa shape index (κ1) is 18.0. The molecule has 25 heavy (non-hydrogen) atoms. The summed E-state index contributed by atoms with van der Waals surface area (Å²) in [5.41, 5.74) is 2.19. The fourth-order valence-corrected chi connectivity index (χ4v) is 3.51. The molecule has 2 aromatic carbocycles. The highest BCUT2D eigenvalue weighted by Gasteiger charge is 2.44. The third-order valence-corrected chi connectivity index (χ3v) is 5.08. The summed E-state index contributed by atoms with van der Waals surface area (Å²) < 4.78 is 1.02. The minimum absolute atomic E-state index is 0.0206. The summed E-state index contributed by atoms with van der Waals surface area (Å²) >= 11 is 9.64. The third kappa shape index (κ3) is 4.05. The molecular formula is C19H18BrClN2O2. The van der Waals surface area contributed by atoms with Crippen molar-refractivity contribution >= 4 is 45.0 Å². The Morgan fingerprint density at radius 3 is 2.60 bits per heavy atom. The van der Waals surface area contributed by atoms with Gasteiger partial charge in [-0.25, -0.2) is 0 Å². The van der Waals surface area contributed by atoms with Crippen molar-refractivity contribution in [1.29, 1.82) is 0 Å². The predicted molar refractivity (Wildman–Crippen MR) is 103 cm³/mol. The summed E-state index contributed by atoms with van der Waals surface area (Å²) in [5, 5.41) is 3.22. The van der Waals surface area contributed by atoms with Crippen molar-refractivity contribution in [2.24, 2.45) is 5.92 Å². The number of nitrogens with zero attached hydrogens (tertiary/aromatic N) is 1. The lowest BCUT2D eigenvalue weighted by molar-refractivity contribution is -0.117. The first-order chi connectivity index (χ1) is 11.9. The number of nitrogens with one attached hydrogen (secondary N) is 1. The third-order valence-electron chi connectivity index (χ3n) is 4.28. The fraction of sp³-hybridized carbons (Fsp3) is 0.263. The lowest BCUT2D eigenvalue weighted by Gasteiger charge is -2.13. The monoisotopic (exact) mass is 420 g/mol. The molecule has 1 N–H and O–H groups in total. The summed E-state index contributed by atoms with van der Waals surface area (Å²) in [6.07, 6.45) is 0.840. The molecule has 6 heteroatoms. The van der Waals surface area contributed by atoms with Crippen LogP contribution in [0.15, 0.2) is 46.9 Å². The average molecular weight is 422 g/mol. The molecule has 0 aromatic heterocycles. The number of rotatable bonds is 4. The van der Waals surface area contributed by atoms with E-state index in [2.05, 4.69) is 27.3 Å². The largest absolute Gasteiger partial charge is 0.345 e. The Kier molecular flexibility index (Phi) is 5.16. The van der Waals surface area contributed by atoms with Crippen molar-refractivity contribution in [3.05, 3.63) is 63.1 Å². The number of hydrogen-bond acceptors (Lipinski definition) is 2. The van der Waals surface area contributed by atoms with Gasteiger partial charge < -0.3 is 10.2 Å². The molecule has 1 saturated carbocycles. The van der Waals surface area contributed by atoms with Crippen molar-refractivity contribution < 1.29 is 9.59 Å². The lowest BCUT2D eigenvalue weighted by atomic mass is 10.1. The average Bonchev–Trinajstić information content (AvgIpc) is 3.35. The van der Waals surface area contributed by atoms with Crippen molar-refractivity contribution in [2.75, 3.05) is 19.4 Å². The topological polar surface area (TPSA) is 49.4 Å². The smallest absolute Gasteiger partial charge is 0.254 e. The van der Waals surface area contributed by atoms with E-state index in [1.54, 1.807) is 32.3 Å². The quantitative estimate of drug-likeness (QED) is 0.787. The molecule has 0 aliphatic heterocycles. The van der Waals surface area contributed by atoms with Gasteiger partial charge in [0.2, 0.25) is 5.91 Å². The second-order valence-electron chi connectivity index (χ2n) is 6.39. The number of benzene rings is 2. The predicted octanol–water partition coefficient (Wildman–Crippen LogP) is 4.55. The standard InChI is InChI=1S/C19H18BrClN2O2/c1-23(2)19(25)14-7-6-13(9-17(14)21)22-18(24)16-10-15(16)11-4-3-5-12(20)8-11/h3-9,15-16H,10H2,1-2H3,(H,22,24). The van der Waals surface area contributed by atoms with Crippen LogP contribution in [0, 0.1) is 5.92 Å². The summed E-state index contributed by atoms with van der Waals surface area (Å²) in [5.74, 6) is 0.0336. The summed E-state index contributed by atoms with van der Waals surface area (Å²) in [7, 11) is 3.34. The van der Waals surface area contributed by atoms with Gasteiger partial charge in [-0.2, -0.15) is 0 Å². The maximum absolute atomic E-state index is 12.4. The zero-order valence-electron chi connectivity index (χ0n) is 13.9. The van der Waals surface area contributed by atoms with E-state index < -0.39 is 0 Å². The number of halogens is 2. The van der Waals surface area contributed by atoms with Gasteiger partial charge in [0.15, 0.2) is 0 Å². The molecule has 2 aromatic rings. The Bertz CT molecular complexity index is 838. The summed E-state index contributed by atoms with van der Waals surface area (Å²) in [4.78, 5) is 25.9. The minimum Gasteiger partial charge on any atom is -0.345 e. The maximum Gasteiger partial charge on any atom is 0.254 e. The Morgan fingerprint density at radius 2 is 1.96 bits per heavy atom. The van der Waals surface area contributed by atoms with Crippen LogP contribution in [0.5, 0.6) is 0 Å².